The van der Waals surface area contributed by atoms with Gasteiger partial charge in [0.1, 0.15) is 6.04 Å². The van der Waals surface area contributed by atoms with Crippen LogP contribution >= 0.6 is 0 Å². The summed E-state index contributed by atoms with van der Waals surface area (Å²) in [6.45, 7) is 2.54. The summed E-state index contributed by atoms with van der Waals surface area (Å²) in [5.41, 5.74) is 1.07. The predicted octanol–water partition coefficient (Wildman–Crippen LogP) is 1.71. The van der Waals surface area contributed by atoms with E-state index in [0.717, 1.165) is 37.7 Å². The molecule has 1 aliphatic heterocycles. The molecule has 9 heteroatoms. The van der Waals surface area contributed by atoms with Crippen LogP contribution in [0.5, 0.6) is 0 Å². The van der Waals surface area contributed by atoms with Crippen LogP contribution in [-0.2, 0) is 24.0 Å². The summed E-state index contributed by atoms with van der Waals surface area (Å²) in [4.78, 5) is 64.1. The maximum Gasteiger partial charge on any atom is 0.289 e. The van der Waals surface area contributed by atoms with E-state index in [0.29, 0.717) is 25.3 Å². The molecule has 200 valence electrons. The highest BCUT2D eigenvalue weighted by Crippen LogP contribution is 2.34. The van der Waals surface area contributed by atoms with Crippen LogP contribution in [0.25, 0.3) is 0 Å². The normalized spacial score (nSPS) is 21.3. The van der Waals surface area contributed by atoms with Gasteiger partial charge in [-0.25, -0.2) is 0 Å². The molecule has 0 radical (unpaired) electrons. The van der Waals surface area contributed by atoms with Gasteiger partial charge in [0.25, 0.3) is 5.91 Å². The third kappa shape index (κ3) is 7.87. The molecule has 9 nitrogen and oxygen atoms in total. The number of rotatable bonds is 14. The second-order valence-electron chi connectivity index (χ2n) is 10.7. The van der Waals surface area contributed by atoms with E-state index in [1.165, 1.54) is 0 Å². The topological polar surface area (TPSA) is 133 Å². The Balaban J connectivity index is 1.42. The Labute approximate surface area is 217 Å². The van der Waals surface area contributed by atoms with Gasteiger partial charge in [0.15, 0.2) is 0 Å². The number of amides is 4. The number of hydrogen-bond acceptors (Lipinski definition) is 5. The molecule has 0 bridgehead atoms. The van der Waals surface area contributed by atoms with Gasteiger partial charge in [0, 0.05) is 24.9 Å². The quantitative estimate of drug-likeness (QED) is 0.283. The van der Waals surface area contributed by atoms with Gasteiger partial charge >= 0.3 is 0 Å². The van der Waals surface area contributed by atoms with Crippen molar-refractivity contribution in [2.75, 3.05) is 6.54 Å². The lowest BCUT2D eigenvalue weighted by Crippen LogP contribution is -2.55. The first-order valence-electron chi connectivity index (χ1n) is 13.6. The smallest absolute Gasteiger partial charge is 0.289 e. The van der Waals surface area contributed by atoms with Gasteiger partial charge in [-0.15, -0.1) is 0 Å². The number of nitrogens with one attached hydrogen (secondary N) is 4. The number of carbonyl (C=O) groups is 5. The third-order valence-electron chi connectivity index (χ3n) is 7.57. The average molecular weight is 511 g/mol. The summed E-state index contributed by atoms with van der Waals surface area (Å²) < 4.78 is 0. The van der Waals surface area contributed by atoms with Crippen LogP contribution in [0, 0.1) is 11.8 Å². The van der Waals surface area contributed by atoms with E-state index in [4.69, 9.17) is 0 Å². The van der Waals surface area contributed by atoms with Crippen LogP contribution in [0.1, 0.15) is 76.2 Å². The minimum absolute atomic E-state index is 0.000565. The van der Waals surface area contributed by atoms with Crippen LogP contribution in [0.15, 0.2) is 30.3 Å². The second-order valence-corrected chi connectivity index (χ2v) is 10.7. The largest absolute Gasteiger partial charge is 0.356 e. The summed E-state index contributed by atoms with van der Waals surface area (Å²) in [5.74, 6) is -2.42. The zero-order valence-electron chi connectivity index (χ0n) is 21.5. The van der Waals surface area contributed by atoms with Crippen LogP contribution in [0.4, 0.5) is 0 Å². The first-order valence-corrected chi connectivity index (χ1v) is 13.6. The van der Waals surface area contributed by atoms with E-state index in [9.17, 15) is 24.0 Å². The third-order valence-corrected chi connectivity index (χ3v) is 7.57. The van der Waals surface area contributed by atoms with Gasteiger partial charge in [-0.3, -0.25) is 24.0 Å². The number of hydrogen-bond donors (Lipinski definition) is 4. The maximum atomic E-state index is 13.4. The fourth-order valence-corrected chi connectivity index (χ4v) is 4.92. The lowest BCUT2D eigenvalue weighted by molar-refractivity contribution is -0.141. The highest BCUT2D eigenvalue weighted by atomic mass is 16.2. The van der Waals surface area contributed by atoms with Crippen LogP contribution < -0.4 is 21.3 Å². The highest BCUT2D eigenvalue weighted by molar-refractivity contribution is 6.38. The average Bonchev–Trinajstić information content (AvgIpc) is 3.83. The Morgan fingerprint density at radius 2 is 1.68 bits per heavy atom. The van der Waals surface area contributed by atoms with Gasteiger partial charge in [-0.05, 0) is 55.9 Å². The van der Waals surface area contributed by atoms with E-state index in [-0.39, 0.29) is 36.6 Å². The van der Waals surface area contributed by atoms with Crippen molar-refractivity contribution in [3.8, 4) is 0 Å². The molecule has 4 rings (SSSR count). The fraction of sp³-hybridized carbons (Fsp3) is 0.607. The van der Waals surface area contributed by atoms with E-state index >= 15 is 0 Å². The summed E-state index contributed by atoms with van der Waals surface area (Å²) in [6.07, 6.45) is 5.78. The zero-order chi connectivity index (χ0) is 26.4. The molecule has 0 aromatic heterocycles. The van der Waals surface area contributed by atoms with Crippen molar-refractivity contribution in [1.29, 1.82) is 0 Å². The van der Waals surface area contributed by atoms with Crippen LogP contribution in [0.3, 0.4) is 0 Å². The molecule has 4 N–H and O–H groups in total. The molecule has 1 saturated heterocycles. The van der Waals surface area contributed by atoms with Crippen LogP contribution in [0.2, 0.25) is 0 Å². The molecule has 0 spiro atoms. The molecule has 3 aliphatic rings. The van der Waals surface area contributed by atoms with Gasteiger partial charge in [-0.2, -0.15) is 0 Å². The SMILES string of the molecule is CC[C@@H](CC(=O)N[C@@H](CC1CC1)C(=O)NC(CC1CCNC1=O)C(=O)C(=O)NC1CC1)c1ccccc1. The fourth-order valence-electron chi connectivity index (χ4n) is 4.92. The number of benzene rings is 1. The molecule has 4 atom stereocenters. The monoisotopic (exact) mass is 510 g/mol. The van der Waals surface area contributed by atoms with Crippen molar-refractivity contribution in [3.05, 3.63) is 35.9 Å². The van der Waals surface area contributed by atoms with Crippen molar-refractivity contribution in [2.45, 2.75) is 88.8 Å². The molecule has 2 aliphatic carbocycles. The highest BCUT2D eigenvalue weighted by Gasteiger charge is 2.38. The Kier molecular flexibility index (Phi) is 8.95. The number of ketones is 1. The van der Waals surface area contributed by atoms with Crippen molar-refractivity contribution in [2.24, 2.45) is 11.8 Å². The Hall–Kier alpha value is -3.23. The Morgan fingerprint density at radius 1 is 0.946 bits per heavy atom. The molecule has 3 fully saturated rings. The first kappa shape index (κ1) is 26.8. The van der Waals surface area contributed by atoms with Crippen LogP contribution in [-0.4, -0.2) is 54.1 Å². The molecule has 37 heavy (non-hydrogen) atoms. The van der Waals surface area contributed by atoms with E-state index in [1.807, 2.05) is 37.3 Å². The van der Waals surface area contributed by atoms with Crippen molar-refractivity contribution in [3.63, 3.8) is 0 Å². The molecule has 1 aromatic rings. The van der Waals surface area contributed by atoms with Gasteiger partial charge in [-0.1, -0.05) is 50.1 Å². The molecule has 4 amide bonds. The summed E-state index contributed by atoms with van der Waals surface area (Å²) in [7, 11) is 0. The summed E-state index contributed by atoms with van der Waals surface area (Å²) >= 11 is 0. The van der Waals surface area contributed by atoms with Crippen molar-refractivity contribution >= 4 is 29.4 Å². The Bertz CT molecular complexity index is 1010. The van der Waals surface area contributed by atoms with Gasteiger partial charge in [0.2, 0.25) is 23.5 Å². The lowest BCUT2D eigenvalue weighted by atomic mass is 9.92. The standard InChI is InChI=1S/C28H38N4O5/c1-2-18(19-6-4-3-5-7-19)16-24(33)31-23(14-17-8-9-17)27(36)32-22(15-20-12-13-29-26(20)35)25(34)28(37)30-21-10-11-21/h3-7,17-18,20-23H,2,8-16H2,1H3,(H,29,35)(H,30,37)(H,31,33)(H,32,36)/t18-,20?,22?,23-/m0/s1. The van der Waals surface area contributed by atoms with Crippen molar-refractivity contribution < 1.29 is 24.0 Å². The predicted molar refractivity (Wildman–Crippen MR) is 137 cm³/mol. The molecule has 1 heterocycles. The minimum Gasteiger partial charge on any atom is -0.356 e. The molecular weight excluding hydrogens is 472 g/mol. The van der Waals surface area contributed by atoms with E-state index in [1.54, 1.807) is 0 Å². The van der Waals surface area contributed by atoms with Crippen molar-refractivity contribution in [1.82, 2.24) is 21.3 Å². The number of carbonyl (C=O) groups excluding carboxylic acids is 5. The maximum absolute atomic E-state index is 13.4. The van der Waals surface area contributed by atoms with E-state index < -0.39 is 35.6 Å². The lowest BCUT2D eigenvalue weighted by Gasteiger charge is -2.24. The summed E-state index contributed by atoms with van der Waals surface area (Å²) in [5, 5.41) is 11.1. The molecule has 2 unspecified atom stereocenters. The zero-order valence-corrected chi connectivity index (χ0v) is 21.5. The van der Waals surface area contributed by atoms with Gasteiger partial charge < -0.3 is 21.3 Å². The summed E-state index contributed by atoms with van der Waals surface area (Å²) in [6, 6.07) is 7.90. The molecular formula is C28H38N4O5. The van der Waals surface area contributed by atoms with E-state index in [2.05, 4.69) is 21.3 Å². The number of Topliss-reactive ketones (excluding diaryl/α,β-unsaturated/α-hetero) is 1. The van der Waals surface area contributed by atoms with Gasteiger partial charge in [0.05, 0.1) is 6.04 Å². The Morgan fingerprint density at radius 3 is 2.27 bits per heavy atom. The molecule has 1 aromatic carbocycles. The first-order chi connectivity index (χ1) is 17.8. The second kappa shape index (κ2) is 12.3. The molecule has 2 saturated carbocycles. The minimum atomic E-state index is -1.12.